The van der Waals surface area contributed by atoms with Crippen LogP contribution in [0.15, 0.2) is 30.3 Å². The normalized spacial score (nSPS) is 14.3. The van der Waals surface area contributed by atoms with E-state index in [9.17, 15) is 4.79 Å². The zero-order valence-electron chi connectivity index (χ0n) is 10.6. The number of nitrogens with zero attached hydrogens (tertiary/aromatic N) is 1. The summed E-state index contributed by atoms with van der Waals surface area (Å²) in [7, 11) is 0. The average molecular weight is 247 g/mol. The summed E-state index contributed by atoms with van der Waals surface area (Å²) in [6, 6.07) is 10.4. The molecule has 0 bridgehead atoms. The van der Waals surface area contributed by atoms with E-state index in [1.165, 1.54) is 0 Å². The van der Waals surface area contributed by atoms with Gasteiger partial charge < -0.3 is 16.0 Å². The Morgan fingerprint density at radius 2 is 2.06 bits per heavy atom. The van der Waals surface area contributed by atoms with Gasteiger partial charge in [0, 0.05) is 18.3 Å². The predicted octanol–water partition coefficient (Wildman–Crippen LogP) is 1.12. The lowest BCUT2D eigenvalue weighted by molar-refractivity contribution is -0.119. The van der Waals surface area contributed by atoms with Crippen LogP contribution in [0.25, 0.3) is 0 Å². The Morgan fingerprint density at radius 3 is 2.67 bits per heavy atom. The van der Waals surface area contributed by atoms with Crippen LogP contribution in [0.5, 0.6) is 0 Å². The summed E-state index contributed by atoms with van der Waals surface area (Å²) in [6.45, 7) is 1.88. The van der Waals surface area contributed by atoms with Crippen molar-refractivity contribution in [3.8, 4) is 0 Å². The highest BCUT2D eigenvalue weighted by atomic mass is 16.2. The Balaban J connectivity index is 1.93. The minimum atomic E-state index is 0.110. The molecule has 1 saturated carbocycles. The molecule has 18 heavy (non-hydrogen) atoms. The molecular weight excluding hydrogens is 226 g/mol. The van der Waals surface area contributed by atoms with Gasteiger partial charge in [0.2, 0.25) is 5.91 Å². The van der Waals surface area contributed by atoms with Crippen LogP contribution in [0.2, 0.25) is 0 Å². The van der Waals surface area contributed by atoms with Crippen molar-refractivity contribution < 1.29 is 4.79 Å². The maximum absolute atomic E-state index is 11.9. The molecule has 4 heteroatoms. The highest BCUT2D eigenvalue weighted by Crippen LogP contribution is 2.19. The van der Waals surface area contributed by atoms with E-state index >= 15 is 0 Å². The third kappa shape index (κ3) is 4.04. The molecular formula is C14H21N3O. The number of amides is 1. The van der Waals surface area contributed by atoms with Crippen LogP contribution >= 0.6 is 0 Å². The third-order valence-corrected chi connectivity index (χ3v) is 3.03. The highest BCUT2D eigenvalue weighted by molar-refractivity contribution is 5.81. The Kier molecular flexibility index (Phi) is 4.59. The maximum Gasteiger partial charge on any atom is 0.239 e. The van der Waals surface area contributed by atoms with Gasteiger partial charge in [0.25, 0.3) is 0 Å². The van der Waals surface area contributed by atoms with E-state index in [4.69, 9.17) is 5.73 Å². The van der Waals surface area contributed by atoms with E-state index in [2.05, 4.69) is 10.2 Å². The van der Waals surface area contributed by atoms with Crippen molar-refractivity contribution in [1.82, 2.24) is 5.32 Å². The highest BCUT2D eigenvalue weighted by Gasteiger charge is 2.24. The van der Waals surface area contributed by atoms with E-state index in [1.54, 1.807) is 0 Å². The second-order valence-electron chi connectivity index (χ2n) is 4.74. The van der Waals surface area contributed by atoms with E-state index in [-0.39, 0.29) is 5.91 Å². The zero-order valence-corrected chi connectivity index (χ0v) is 10.6. The van der Waals surface area contributed by atoms with Gasteiger partial charge in [0.05, 0.1) is 6.54 Å². The smallest absolute Gasteiger partial charge is 0.239 e. The third-order valence-electron chi connectivity index (χ3n) is 3.03. The lowest BCUT2D eigenvalue weighted by Gasteiger charge is -2.24. The Bertz CT molecular complexity index is 376. The van der Waals surface area contributed by atoms with Gasteiger partial charge in [-0.1, -0.05) is 18.2 Å². The summed E-state index contributed by atoms with van der Waals surface area (Å²) < 4.78 is 0. The Morgan fingerprint density at radius 1 is 1.33 bits per heavy atom. The van der Waals surface area contributed by atoms with Gasteiger partial charge in [0.15, 0.2) is 0 Å². The molecule has 0 unspecified atom stereocenters. The number of hydrogen-bond acceptors (Lipinski definition) is 3. The van der Waals surface area contributed by atoms with Crippen LogP contribution in [0, 0.1) is 0 Å². The van der Waals surface area contributed by atoms with Gasteiger partial charge in [-0.3, -0.25) is 4.79 Å². The lowest BCUT2D eigenvalue weighted by atomic mass is 10.2. The van der Waals surface area contributed by atoms with E-state index in [1.807, 2.05) is 30.3 Å². The molecule has 0 spiro atoms. The van der Waals surface area contributed by atoms with E-state index in [0.29, 0.717) is 19.1 Å². The molecule has 0 aliphatic heterocycles. The fraction of sp³-hybridized carbons (Fsp3) is 0.500. The number of para-hydroxylation sites is 1. The molecule has 1 aliphatic carbocycles. The summed E-state index contributed by atoms with van der Waals surface area (Å²) in [6.07, 6.45) is 3.14. The van der Waals surface area contributed by atoms with Crippen molar-refractivity contribution in [3.05, 3.63) is 30.3 Å². The predicted molar refractivity (Wildman–Crippen MR) is 73.5 cm³/mol. The van der Waals surface area contributed by atoms with Crippen molar-refractivity contribution in [1.29, 1.82) is 0 Å². The molecule has 0 radical (unpaired) electrons. The van der Waals surface area contributed by atoms with Crippen molar-refractivity contribution in [2.45, 2.75) is 25.3 Å². The molecule has 4 nitrogen and oxygen atoms in total. The lowest BCUT2D eigenvalue weighted by Crippen LogP contribution is -2.39. The molecule has 1 aromatic carbocycles. The van der Waals surface area contributed by atoms with Crippen molar-refractivity contribution >= 4 is 11.6 Å². The van der Waals surface area contributed by atoms with Crippen molar-refractivity contribution in [2.24, 2.45) is 5.73 Å². The van der Waals surface area contributed by atoms with Gasteiger partial charge >= 0.3 is 0 Å². The number of nitrogens with one attached hydrogen (secondary N) is 1. The zero-order chi connectivity index (χ0) is 12.8. The summed E-state index contributed by atoms with van der Waals surface area (Å²) in [4.78, 5) is 13.9. The molecule has 0 saturated heterocycles. The molecule has 1 amide bonds. The number of nitrogens with two attached hydrogens (primary N) is 1. The quantitative estimate of drug-likeness (QED) is 0.759. The number of carbonyl (C=O) groups is 1. The van der Waals surface area contributed by atoms with Crippen molar-refractivity contribution in [3.63, 3.8) is 0 Å². The number of rotatable bonds is 7. The van der Waals surface area contributed by atoms with E-state index < -0.39 is 0 Å². The molecule has 0 aromatic heterocycles. The molecule has 2 rings (SSSR count). The number of hydrogen-bond donors (Lipinski definition) is 2. The molecule has 3 N–H and O–H groups in total. The number of carbonyl (C=O) groups excluding carboxylic acids is 1. The Labute approximate surface area is 108 Å². The molecule has 1 aromatic rings. The van der Waals surface area contributed by atoms with Crippen molar-refractivity contribution in [2.75, 3.05) is 24.5 Å². The maximum atomic E-state index is 11.9. The first-order valence-electron chi connectivity index (χ1n) is 6.59. The van der Waals surface area contributed by atoms with Crippen LogP contribution in [0.3, 0.4) is 0 Å². The fourth-order valence-electron chi connectivity index (χ4n) is 1.89. The first kappa shape index (κ1) is 12.9. The van der Waals surface area contributed by atoms with Crippen LogP contribution < -0.4 is 16.0 Å². The summed E-state index contributed by atoms with van der Waals surface area (Å²) in [5.41, 5.74) is 6.63. The van der Waals surface area contributed by atoms with Crippen LogP contribution in [-0.2, 0) is 4.79 Å². The minimum absolute atomic E-state index is 0.110. The minimum Gasteiger partial charge on any atom is -0.362 e. The standard InChI is InChI=1S/C14H21N3O/c15-9-4-10-17(13-5-2-1-3-6-13)11-14(18)16-12-7-8-12/h1-3,5-6,12H,4,7-11,15H2,(H,16,18). The SMILES string of the molecule is NCCCN(CC(=O)NC1CC1)c1ccccc1. The van der Waals surface area contributed by atoms with Crippen LogP contribution in [-0.4, -0.2) is 31.6 Å². The van der Waals surface area contributed by atoms with Gasteiger partial charge in [-0.2, -0.15) is 0 Å². The van der Waals surface area contributed by atoms with Gasteiger partial charge in [-0.05, 0) is 37.9 Å². The number of anilines is 1. The van der Waals surface area contributed by atoms with Gasteiger partial charge in [-0.25, -0.2) is 0 Å². The molecule has 0 heterocycles. The largest absolute Gasteiger partial charge is 0.362 e. The van der Waals surface area contributed by atoms with Gasteiger partial charge in [-0.15, -0.1) is 0 Å². The Hall–Kier alpha value is -1.55. The van der Waals surface area contributed by atoms with E-state index in [0.717, 1.165) is 31.5 Å². The summed E-state index contributed by atoms with van der Waals surface area (Å²) >= 11 is 0. The number of benzene rings is 1. The topological polar surface area (TPSA) is 58.4 Å². The van der Waals surface area contributed by atoms with Gasteiger partial charge in [0.1, 0.15) is 0 Å². The molecule has 98 valence electrons. The first-order chi connectivity index (χ1) is 8.79. The second-order valence-corrected chi connectivity index (χ2v) is 4.74. The summed E-state index contributed by atoms with van der Waals surface area (Å²) in [5, 5.41) is 3.02. The molecule has 1 aliphatic rings. The monoisotopic (exact) mass is 247 g/mol. The summed E-state index contributed by atoms with van der Waals surface area (Å²) in [5.74, 6) is 0.110. The fourth-order valence-corrected chi connectivity index (χ4v) is 1.89. The second kappa shape index (κ2) is 6.40. The molecule has 0 atom stereocenters. The van der Waals surface area contributed by atoms with Crippen LogP contribution in [0.4, 0.5) is 5.69 Å². The average Bonchev–Trinajstić information content (AvgIpc) is 3.19. The first-order valence-corrected chi connectivity index (χ1v) is 6.59. The van der Waals surface area contributed by atoms with Crippen LogP contribution in [0.1, 0.15) is 19.3 Å². The molecule has 1 fully saturated rings.